The van der Waals surface area contributed by atoms with Gasteiger partial charge in [0.25, 0.3) is 0 Å². The van der Waals surface area contributed by atoms with E-state index in [2.05, 4.69) is 50.2 Å². The van der Waals surface area contributed by atoms with Crippen molar-refractivity contribution in [2.24, 2.45) is 28.6 Å². The summed E-state index contributed by atoms with van der Waals surface area (Å²) in [4.78, 5) is 46.5. The van der Waals surface area contributed by atoms with Gasteiger partial charge in [-0.15, -0.1) is 0 Å². The quantitative estimate of drug-likeness (QED) is 0.414. The molecule has 1 aliphatic carbocycles. The van der Waals surface area contributed by atoms with Crippen LogP contribution in [-0.2, 0) is 14.4 Å². The second-order valence-corrected chi connectivity index (χ2v) is 16.8. The average molecular weight is 631 g/mol. The summed E-state index contributed by atoms with van der Waals surface area (Å²) in [7, 11) is 1.74. The molecule has 2 aliphatic heterocycles. The topological polar surface area (TPSA) is 81.8 Å². The summed E-state index contributed by atoms with van der Waals surface area (Å²) in [6, 6.07) is 2.85. The van der Waals surface area contributed by atoms with Crippen LogP contribution in [0.3, 0.4) is 0 Å². The summed E-state index contributed by atoms with van der Waals surface area (Å²) >= 11 is 0. The van der Waals surface area contributed by atoms with Crippen molar-refractivity contribution in [3.05, 3.63) is 35.4 Å². The van der Waals surface area contributed by atoms with Gasteiger partial charge in [0.15, 0.2) is 0 Å². The molecule has 0 bridgehead atoms. The Balaban J connectivity index is 1.83. The van der Waals surface area contributed by atoms with Crippen molar-refractivity contribution in [3.8, 4) is 0 Å². The van der Waals surface area contributed by atoms with Crippen LogP contribution in [0.25, 0.3) is 0 Å². The number of hydrogen-bond acceptors (Lipinski definition) is 5. The lowest BCUT2D eigenvalue weighted by Crippen LogP contribution is -2.62. The molecule has 0 spiro atoms. The molecule has 0 radical (unpaired) electrons. The Morgan fingerprint density at radius 1 is 1.02 bits per heavy atom. The van der Waals surface area contributed by atoms with Gasteiger partial charge >= 0.3 is 0 Å². The maximum absolute atomic E-state index is 15.4. The average Bonchev–Trinajstić information content (AvgIpc) is 3.59. The van der Waals surface area contributed by atoms with Gasteiger partial charge in [-0.25, -0.2) is 8.78 Å². The van der Waals surface area contributed by atoms with Crippen LogP contribution in [0.2, 0.25) is 0 Å². The molecule has 1 saturated carbocycles. The van der Waals surface area contributed by atoms with E-state index >= 15 is 9.18 Å². The van der Waals surface area contributed by atoms with Gasteiger partial charge in [0, 0.05) is 79.5 Å². The number of rotatable bonds is 7. The van der Waals surface area contributed by atoms with Crippen molar-refractivity contribution in [2.75, 3.05) is 33.2 Å². The van der Waals surface area contributed by atoms with Gasteiger partial charge in [-0.05, 0) is 70.4 Å². The number of likely N-dealkylation sites (tertiary alicyclic amines) is 1. The Hall–Kier alpha value is -2.39. The van der Waals surface area contributed by atoms with Crippen LogP contribution in [0.4, 0.5) is 8.78 Å². The van der Waals surface area contributed by atoms with E-state index in [1.165, 1.54) is 12.1 Å². The Bertz CT molecular complexity index is 1270. The molecule has 252 valence electrons. The fourth-order valence-electron chi connectivity index (χ4n) is 7.66. The van der Waals surface area contributed by atoms with E-state index in [4.69, 9.17) is 0 Å². The number of Topliss-reactive ketones (excluding diaryl/α,β-unsaturated/α-hetero) is 1. The minimum atomic E-state index is -0.756. The van der Waals surface area contributed by atoms with Gasteiger partial charge in [0.05, 0.1) is 6.04 Å². The lowest BCUT2D eigenvalue weighted by Gasteiger charge is -2.50. The molecule has 2 heterocycles. The third kappa shape index (κ3) is 7.29. The molecule has 5 atom stereocenters. The molecular weight excluding hydrogens is 574 g/mol. The van der Waals surface area contributed by atoms with E-state index < -0.39 is 46.4 Å². The molecule has 45 heavy (non-hydrogen) atoms. The van der Waals surface area contributed by atoms with Gasteiger partial charge in [0.1, 0.15) is 17.4 Å². The first-order chi connectivity index (χ1) is 20.7. The molecule has 2 amide bonds. The van der Waals surface area contributed by atoms with Crippen molar-refractivity contribution >= 4 is 17.6 Å². The smallest absolute Gasteiger partial charge is 0.240 e. The first kappa shape index (κ1) is 35.5. The van der Waals surface area contributed by atoms with Crippen molar-refractivity contribution in [2.45, 2.75) is 111 Å². The zero-order valence-electron chi connectivity index (χ0n) is 29.2. The van der Waals surface area contributed by atoms with Crippen LogP contribution in [-0.4, -0.2) is 77.7 Å². The number of ketones is 1. The molecule has 1 unspecified atom stereocenters. The summed E-state index contributed by atoms with van der Waals surface area (Å²) in [5.74, 6) is -3.76. The molecule has 7 nitrogen and oxygen atoms in total. The zero-order valence-corrected chi connectivity index (χ0v) is 29.2. The molecular formula is C36H56F2N4O3. The third-order valence-corrected chi connectivity index (χ3v) is 11.0. The van der Waals surface area contributed by atoms with E-state index in [1.54, 1.807) is 11.9 Å². The molecule has 9 heteroatoms. The number of nitrogens with zero attached hydrogens (tertiary/aromatic N) is 2. The highest BCUT2D eigenvalue weighted by atomic mass is 19.1. The number of carbonyl (C=O) groups is 3. The van der Waals surface area contributed by atoms with Crippen LogP contribution in [0.15, 0.2) is 18.2 Å². The number of carbonyl (C=O) groups excluding carboxylic acids is 3. The van der Waals surface area contributed by atoms with E-state index in [1.807, 2.05) is 27.7 Å². The van der Waals surface area contributed by atoms with Crippen LogP contribution in [0, 0.1) is 40.2 Å². The summed E-state index contributed by atoms with van der Waals surface area (Å²) in [6.45, 7) is 20.0. The highest BCUT2D eigenvalue weighted by Gasteiger charge is 2.58. The first-order valence-electron chi connectivity index (χ1n) is 16.8. The van der Waals surface area contributed by atoms with Gasteiger partial charge in [-0.2, -0.15) is 0 Å². The number of hydrogen-bond donors (Lipinski definition) is 2. The summed E-state index contributed by atoms with van der Waals surface area (Å²) in [6.07, 6.45) is 3.18. The van der Waals surface area contributed by atoms with Crippen LogP contribution >= 0.6 is 0 Å². The summed E-state index contributed by atoms with van der Waals surface area (Å²) < 4.78 is 29.4. The van der Waals surface area contributed by atoms with Crippen LogP contribution in [0.5, 0.6) is 0 Å². The standard InChI is InChI=1S/C36H56F2N4O3/c1-11-41(10)31(44)29-28(26(19-39-29)36(40-32(45)33(2,3)4)16-14-35(8,9)15-17-36)30(43)25-21-42(34(5,6)7)20-24(25)23-13-12-22(37)18-27(23)38/h12-13,18,24-26,28-29,39H,11,14-17,19-21H2,1-10H3,(H,40,45)/t24?,25-,26-,28+,29+/m1/s1. The second-order valence-electron chi connectivity index (χ2n) is 16.8. The molecule has 3 fully saturated rings. The van der Waals surface area contributed by atoms with Gasteiger partial charge < -0.3 is 15.5 Å². The first-order valence-corrected chi connectivity index (χ1v) is 16.8. The lowest BCUT2D eigenvalue weighted by atomic mass is 9.60. The predicted molar refractivity (Wildman–Crippen MR) is 174 cm³/mol. The Kier molecular flexibility index (Phi) is 9.98. The van der Waals surface area contributed by atoms with Crippen molar-refractivity contribution in [1.82, 2.24) is 20.4 Å². The lowest BCUT2D eigenvalue weighted by molar-refractivity contribution is -0.140. The second kappa shape index (κ2) is 12.7. The largest absolute Gasteiger partial charge is 0.350 e. The number of benzene rings is 1. The van der Waals surface area contributed by atoms with E-state index in [0.29, 0.717) is 44.6 Å². The van der Waals surface area contributed by atoms with Crippen molar-refractivity contribution in [1.29, 1.82) is 0 Å². The maximum Gasteiger partial charge on any atom is 0.240 e. The highest BCUT2D eigenvalue weighted by molar-refractivity contribution is 5.94. The fraction of sp³-hybridized carbons (Fsp3) is 0.750. The summed E-state index contributed by atoms with van der Waals surface area (Å²) in [5.41, 5.74) is -1.17. The molecule has 1 aromatic carbocycles. The van der Waals surface area contributed by atoms with E-state index in [9.17, 15) is 14.0 Å². The maximum atomic E-state index is 15.4. The Labute approximate surface area is 269 Å². The molecule has 0 aromatic heterocycles. The number of nitrogens with one attached hydrogen (secondary N) is 2. The van der Waals surface area contributed by atoms with E-state index in [0.717, 1.165) is 18.9 Å². The summed E-state index contributed by atoms with van der Waals surface area (Å²) in [5, 5.41) is 6.90. The molecule has 1 aromatic rings. The fourth-order valence-corrected chi connectivity index (χ4v) is 7.66. The third-order valence-electron chi connectivity index (χ3n) is 11.0. The normalized spacial score (nSPS) is 28.6. The van der Waals surface area contributed by atoms with Gasteiger partial charge in [0.2, 0.25) is 11.8 Å². The highest BCUT2D eigenvalue weighted by Crippen LogP contribution is 2.49. The Morgan fingerprint density at radius 2 is 1.64 bits per heavy atom. The van der Waals surface area contributed by atoms with Crippen LogP contribution < -0.4 is 10.6 Å². The molecule has 3 aliphatic rings. The molecule has 2 N–H and O–H groups in total. The van der Waals surface area contributed by atoms with Crippen molar-refractivity contribution in [3.63, 3.8) is 0 Å². The predicted octanol–water partition coefficient (Wildman–Crippen LogP) is 5.53. The Morgan fingerprint density at radius 3 is 2.18 bits per heavy atom. The number of likely N-dealkylation sites (N-methyl/N-ethyl adjacent to an activating group) is 1. The molecule has 2 saturated heterocycles. The van der Waals surface area contributed by atoms with Gasteiger partial charge in [-0.1, -0.05) is 40.7 Å². The van der Waals surface area contributed by atoms with Gasteiger partial charge in [-0.3, -0.25) is 19.3 Å². The molecule has 4 rings (SSSR count). The number of amides is 2. The van der Waals surface area contributed by atoms with Crippen molar-refractivity contribution < 1.29 is 23.2 Å². The SMILES string of the molecule is CCN(C)C(=O)[C@H]1NC[C@@H](C2(NC(=O)C(C)(C)C)CCC(C)(C)CC2)[C@@H]1C(=O)[C@@H]1CN(C(C)(C)C)CC1c1ccc(F)cc1F. The minimum Gasteiger partial charge on any atom is -0.350 e. The number of halogens is 2. The van der Waals surface area contributed by atoms with E-state index in [-0.39, 0.29) is 34.5 Å². The minimum absolute atomic E-state index is 0.0695. The van der Waals surface area contributed by atoms with Crippen LogP contribution in [0.1, 0.15) is 99.5 Å². The zero-order chi connectivity index (χ0) is 33.7. The monoisotopic (exact) mass is 630 g/mol.